The SMILES string of the molecule is O=C(OC[C@H]1O[C@@H](n2ccc(=O)[nH]c2=O)C(OC(=O)c2ccccc2)[C@@H]1OC(=O)c1ccccc1)c1ccccc1. The first-order valence-electron chi connectivity index (χ1n) is 12.6. The van der Waals surface area contributed by atoms with Crippen LogP contribution in [0.3, 0.4) is 0 Å². The van der Waals surface area contributed by atoms with Crippen molar-refractivity contribution < 1.29 is 33.3 Å². The number of benzene rings is 3. The third kappa shape index (κ3) is 6.31. The van der Waals surface area contributed by atoms with E-state index in [1.807, 2.05) is 0 Å². The summed E-state index contributed by atoms with van der Waals surface area (Å²) >= 11 is 0. The maximum atomic E-state index is 13.1. The van der Waals surface area contributed by atoms with Crippen LogP contribution in [-0.4, -0.2) is 52.4 Å². The predicted octanol–water partition coefficient (Wildman–Crippen LogP) is 2.74. The molecule has 11 nitrogen and oxygen atoms in total. The Morgan fingerprint density at radius 2 is 1.17 bits per heavy atom. The number of hydrogen-bond acceptors (Lipinski definition) is 9. The lowest BCUT2D eigenvalue weighted by atomic mass is 10.1. The van der Waals surface area contributed by atoms with Crippen LogP contribution in [0.2, 0.25) is 0 Å². The van der Waals surface area contributed by atoms with E-state index < -0.39 is 60.3 Å². The molecule has 0 spiro atoms. The van der Waals surface area contributed by atoms with Crippen molar-refractivity contribution in [3.05, 3.63) is 141 Å². The fraction of sp³-hybridized carbons (Fsp3) is 0.167. The van der Waals surface area contributed by atoms with Gasteiger partial charge in [0.2, 0.25) is 0 Å². The summed E-state index contributed by atoms with van der Waals surface area (Å²) in [7, 11) is 0. The normalized spacial score (nSPS) is 19.7. The standard InChI is InChI=1S/C30H24N2O9/c33-23-16-17-32(30(37)31-23)26-25(41-29(36)21-14-8-3-9-15-21)24(40-28(35)20-12-6-2-7-13-20)22(39-26)18-38-27(34)19-10-4-1-5-11-19/h1-17,22,24-26H,18H2,(H,31,33,37)/t22-,24-,25?,26-/m1/s1. The Balaban J connectivity index is 1.50. The number of nitrogens with zero attached hydrogens (tertiary/aromatic N) is 1. The summed E-state index contributed by atoms with van der Waals surface area (Å²) in [6, 6.07) is 25.5. The van der Waals surface area contributed by atoms with Gasteiger partial charge in [-0.15, -0.1) is 0 Å². The number of H-pyrrole nitrogens is 1. The summed E-state index contributed by atoms with van der Waals surface area (Å²) in [6.45, 7) is -0.408. The van der Waals surface area contributed by atoms with Crippen molar-refractivity contribution in [3.8, 4) is 0 Å². The van der Waals surface area contributed by atoms with Gasteiger partial charge in [-0.05, 0) is 36.4 Å². The molecule has 1 saturated heterocycles. The van der Waals surface area contributed by atoms with E-state index in [1.54, 1.807) is 66.7 Å². The lowest BCUT2D eigenvalue weighted by Crippen LogP contribution is -2.43. The number of hydrogen-bond donors (Lipinski definition) is 1. The number of aromatic amines is 1. The summed E-state index contributed by atoms with van der Waals surface area (Å²) in [5, 5.41) is 0. The lowest BCUT2D eigenvalue weighted by molar-refractivity contribution is -0.0640. The summed E-state index contributed by atoms with van der Waals surface area (Å²) in [5.74, 6) is -2.19. The second-order valence-electron chi connectivity index (χ2n) is 9.02. The lowest BCUT2D eigenvalue weighted by Gasteiger charge is -2.25. The van der Waals surface area contributed by atoms with Gasteiger partial charge >= 0.3 is 23.6 Å². The number of aromatic nitrogens is 2. The quantitative estimate of drug-likeness (QED) is 0.256. The molecule has 0 saturated carbocycles. The molecule has 1 N–H and O–H groups in total. The van der Waals surface area contributed by atoms with E-state index in [0.29, 0.717) is 0 Å². The van der Waals surface area contributed by atoms with Gasteiger partial charge in [0.15, 0.2) is 18.4 Å². The van der Waals surface area contributed by atoms with E-state index >= 15 is 0 Å². The summed E-state index contributed by atoms with van der Waals surface area (Å²) in [6.07, 6.45) is -4.03. The van der Waals surface area contributed by atoms with Crippen molar-refractivity contribution in [3.63, 3.8) is 0 Å². The number of carbonyl (C=O) groups is 3. The van der Waals surface area contributed by atoms with Crippen LogP contribution in [0.15, 0.2) is 113 Å². The van der Waals surface area contributed by atoms with Crippen LogP contribution in [0.5, 0.6) is 0 Å². The van der Waals surface area contributed by atoms with E-state index in [1.165, 1.54) is 30.5 Å². The highest BCUT2D eigenvalue weighted by Gasteiger charge is 2.51. The minimum Gasteiger partial charge on any atom is -0.459 e. The van der Waals surface area contributed by atoms with Crippen LogP contribution in [-0.2, 0) is 18.9 Å². The number of carbonyl (C=O) groups excluding carboxylic acids is 3. The molecular formula is C30H24N2O9. The molecule has 1 aliphatic rings. The van der Waals surface area contributed by atoms with Crippen molar-refractivity contribution in [2.75, 3.05) is 6.61 Å². The zero-order valence-corrected chi connectivity index (χ0v) is 21.5. The molecule has 2 heterocycles. The average Bonchev–Trinajstić information content (AvgIpc) is 3.33. The molecule has 4 aromatic rings. The molecule has 0 aliphatic carbocycles. The van der Waals surface area contributed by atoms with Crippen LogP contribution in [0.25, 0.3) is 0 Å². The Labute approximate surface area is 232 Å². The molecular weight excluding hydrogens is 532 g/mol. The summed E-state index contributed by atoms with van der Waals surface area (Å²) in [4.78, 5) is 65.5. The third-order valence-corrected chi connectivity index (χ3v) is 6.30. The van der Waals surface area contributed by atoms with Crippen molar-refractivity contribution >= 4 is 17.9 Å². The minimum absolute atomic E-state index is 0.201. The number of rotatable bonds is 8. The van der Waals surface area contributed by atoms with Gasteiger partial charge in [-0.1, -0.05) is 54.6 Å². The van der Waals surface area contributed by atoms with Gasteiger partial charge in [-0.25, -0.2) is 19.2 Å². The maximum absolute atomic E-state index is 13.1. The Morgan fingerprint density at radius 1 is 0.683 bits per heavy atom. The number of esters is 3. The number of ether oxygens (including phenoxy) is 4. The molecule has 208 valence electrons. The highest BCUT2D eigenvalue weighted by atomic mass is 16.7. The predicted molar refractivity (Wildman–Crippen MR) is 143 cm³/mol. The van der Waals surface area contributed by atoms with Gasteiger partial charge in [0.1, 0.15) is 12.7 Å². The molecule has 0 bridgehead atoms. The molecule has 1 unspecified atom stereocenters. The second-order valence-corrected chi connectivity index (χ2v) is 9.02. The van der Waals surface area contributed by atoms with Gasteiger partial charge in [-0.3, -0.25) is 14.3 Å². The van der Waals surface area contributed by atoms with Gasteiger partial charge < -0.3 is 18.9 Å². The Kier molecular flexibility index (Phi) is 8.16. The fourth-order valence-corrected chi connectivity index (χ4v) is 4.31. The first-order chi connectivity index (χ1) is 19.9. The van der Waals surface area contributed by atoms with Crippen LogP contribution in [0.1, 0.15) is 37.3 Å². The fourth-order valence-electron chi connectivity index (χ4n) is 4.31. The van der Waals surface area contributed by atoms with Crippen LogP contribution < -0.4 is 11.2 Å². The second kappa shape index (κ2) is 12.3. The smallest absolute Gasteiger partial charge is 0.338 e. The van der Waals surface area contributed by atoms with Gasteiger partial charge in [0, 0.05) is 12.3 Å². The van der Waals surface area contributed by atoms with E-state index in [4.69, 9.17) is 18.9 Å². The van der Waals surface area contributed by atoms with Crippen LogP contribution >= 0.6 is 0 Å². The van der Waals surface area contributed by atoms with Gasteiger partial charge in [0.25, 0.3) is 5.56 Å². The van der Waals surface area contributed by atoms with Crippen molar-refractivity contribution in [2.24, 2.45) is 0 Å². The first kappa shape index (κ1) is 27.3. The van der Waals surface area contributed by atoms with E-state index in [0.717, 1.165) is 10.6 Å². The molecule has 0 radical (unpaired) electrons. The monoisotopic (exact) mass is 556 g/mol. The maximum Gasteiger partial charge on any atom is 0.338 e. The number of nitrogens with one attached hydrogen (secondary N) is 1. The topological polar surface area (TPSA) is 143 Å². The largest absolute Gasteiger partial charge is 0.459 e. The third-order valence-electron chi connectivity index (χ3n) is 6.30. The summed E-state index contributed by atoms with van der Waals surface area (Å²) in [5.41, 5.74) is -0.804. The average molecular weight is 557 g/mol. The van der Waals surface area contributed by atoms with Crippen LogP contribution in [0.4, 0.5) is 0 Å². The zero-order valence-electron chi connectivity index (χ0n) is 21.5. The van der Waals surface area contributed by atoms with Gasteiger partial charge in [-0.2, -0.15) is 0 Å². The molecule has 3 aromatic carbocycles. The molecule has 0 amide bonds. The summed E-state index contributed by atoms with van der Waals surface area (Å²) < 4.78 is 24.1. The highest BCUT2D eigenvalue weighted by molar-refractivity contribution is 5.91. The molecule has 5 rings (SSSR count). The zero-order chi connectivity index (χ0) is 28.8. The van der Waals surface area contributed by atoms with Gasteiger partial charge in [0.05, 0.1) is 16.7 Å². The van der Waals surface area contributed by atoms with Crippen molar-refractivity contribution in [1.82, 2.24) is 9.55 Å². The molecule has 11 heteroatoms. The molecule has 41 heavy (non-hydrogen) atoms. The molecule has 1 aliphatic heterocycles. The molecule has 4 atom stereocenters. The Hall–Kier alpha value is -5.29. The molecule has 1 fully saturated rings. The highest BCUT2D eigenvalue weighted by Crippen LogP contribution is 2.34. The van der Waals surface area contributed by atoms with E-state index in [9.17, 15) is 24.0 Å². The Morgan fingerprint density at radius 3 is 1.68 bits per heavy atom. The molecule has 1 aromatic heterocycles. The minimum atomic E-state index is -1.38. The first-order valence-corrected chi connectivity index (χ1v) is 12.6. The van der Waals surface area contributed by atoms with Crippen molar-refractivity contribution in [2.45, 2.75) is 24.5 Å². The van der Waals surface area contributed by atoms with E-state index in [2.05, 4.69) is 4.98 Å². The van der Waals surface area contributed by atoms with E-state index in [-0.39, 0.29) is 16.7 Å². The Bertz CT molecular complexity index is 1640. The van der Waals surface area contributed by atoms with Crippen molar-refractivity contribution in [1.29, 1.82) is 0 Å². The van der Waals surface area contributed by atoms with Crippen LogP contribution in [0, 0.1) is 0 Å².